The molecule has 3 rings (SSSR count). The van der Waals surface area contributed by atoms with E-state index in [1.165, 1.54) is 0 Å². The maximum Gasteiger partial charge on any atom is 0.251 e. The van der Waals surface area contributed by atoms with Gasteiger partial charge in [-0.3, -0.25) is 9.78 Å². The van der Waals surface area contributed by atoms with Crippen LogP contribution in [0.3, 0.4) is 0 Å². The highest BCUT2D eigenvalue weighted by Crippen LogP contribution is 2.14. The fourth-order valence-corrected chi connectivity index (χ4v) is 2.53. The molecule has 7 heteroatoms. The van der Waals surface area contributed by atoms with Crippen molar-refractivity contribution in [1.29, 1.82) is 0 Å². The molecule has 1 aliphatic rings. The van der Waals surface area contributed by atoms with Gasteiger partial charge in [-0.1, -0.05) is 0 Å². The molecule has 0 unspecified atom stereocenters. The van der Waals surface area contributed by atoms with Gasteiger partial charge in [0, 0.05) is 30.8 Å². The zero-order chi connectivity index (χ0) is 16.1. The number of aryl methyl sites for hydroxylation is 1. The molecule has 2 aromatic rings. The Morgan fingerprint density at radius 3 is 2.83 bits per heavy atom. The number of nitrogens with zero attached hydrogens (tertiary/aromatic N) is 3. The molecule has 1 fully saturated rings. The predicted octanol–water partition coefficient (Wildman–Crippen LogP) is 1.18. The maximum atomic E-state index is 12.3. The summed E-state index contributed by atoms with van der Waals surface area (Å²) in [5.74, 6) is 1.32. The molecular formula is C16H19N5O2. The molecule has 0 radical (unpaired) electrons. The molecule has 3 heterocycles. The van der Waals surface area contributed by atoms with Crippen molar-refractivity contribution in [2.24, 2.45) is 0 Å². The topological polar surface area (TPSA) is 89.0 Å². The van der Waals surface area contributed by atoms with Crippen LogP contribution in [0.15, 0.2) is 36.8 Å². The normalized spacial score (nSPS) is 20.7. The monoisotopic (exact) mass is 313 g/mol. The highest BCUT2D eigenvalue weighted by Gasteiger charge is 2.27. The molecule has 2 N–H and O–H groups in total. The molecule has 0 saturated carbocycles. The van der Waals surface area contributed by atoms with Crippen LogP contribution in [-0.4, -0.2) is 46.2 Å². The van der Waals surface area contributed by atoms with Gasteiger partial charge in [0.2, 0.25) is 0 Å². The average molecular weight is 313 g/mol. The third-order valence-electron chi connectivity index (χ3n) is 3.72. The van der Waals surface area contributed by atoms with Crippen LogP contribution in [0.25, 0.3) is 0 Å². The molecule has 0 aliphatic carbocycles. The van der Waals surface area contributed by atoms with Gasteiger partial charge < -0.3 is 15.4 Å². The number of hydrogen-bond donors (Lipinski definition) is 2. The fraction of sp³-hybridized carbons (Fsp3) is 0.375. The van der Waals surface area contributed by atoms with Crippen LogP contribution in [0, 0.1) is 6.92 Å². The zero-order valence-corrected chi connectivity index (χ0v) is 12.9. The number of aromatic nitrogens is 3. The fourth-order valence-electron chi connectivity index (χ4n) is 2.53. The Morgan fingerprint density at radius 1 is 1.22 bits per heavy atom. The van der Waals surface area contributed by atoms with Gasteiger partial charge in [-0.05, 0) is 31.5 Å². The Morgan fingerprint density at radius 2 is 2.04 bits per heavy atom. The van der Waals surface area contributed by atoms with Crippen molar-refractivity contribution < 1.29 is 9.53 Å². The minimum absolute atomic E-state index is 0.0281. The minimum Gasteiger partial charge on any atom is -0.379 e. The van der Waals surface area contributed by atoms with Crippen molar-refractivity contribution >= 4 is 11.7 Å². The van der Waals surface area contributed by atoms with Gasteiger partial charge in [-0.2, -0.15) is 0 Å². The van der Waals surface area contributed by atoms with E-state index in [9.17, 15) is 4.79 Å². The number of pyridine rings is 1. The highest BCUT2D eigenvalue weighted by atomic mass is 16.5. The Bertz CT molecular complexity index is 665. The molecule has 7 nitrogen and oxygen atoms in total. The number of carbonyl (C=O) groups excluding carboxylic acids is 1. The van der Waals surface area contributed by atoms with Crippen LogP contribution in [0.1, 0.15) is 22.6 Å². The lowest BCUT2D eigenvalue weighted by atomic mass is 10.0. The summed E-state index contributed by atoms with van der Waals surface area (Å²) in [5, 5.41) is 6.39. The van der Waals surface area contributed by atoms with E-state index in [2.05, 4.69) is 25.6 Å². The van der Waals surface area contributed by atoms with Gasteiger partial charge in [0.15, 0.2) is 0 Å². The van der Waals surface area contributed by atoms with Crippen LogP contribution in [0.5, 0.6) is 0 Å². The number of ether oxygens (including phenoxy) is 1. The van der Waals surface area contributed by atoms with E-state index in [0.29, 0.717) is 24.6 Å². The molecule has 1 saturated heterocycles. The second kappa shape index (κ2) is 7.15. The van der Waals surface area contributed by atoms with Crippen molar-refractivity contribution in [2.45, 2.75) is 25.4 Å². The summed E-state index contributed by atoms with van der Waals surface area (Å²) in [4.78, 5) is 24.7. The van der Waals surface area contributed by atoms with Crippen molar-refractivity contribution in [3.05, 3.63) is 48.2 Å². The molecule has 120 valence electrons. The third kappa shape index (κ3) is 4.01. The summed E-state index contributed by atoms with van der Waals surface area (Å²) in [6, 6.07) is 5.14. The lowest BCUT2D eigenvalue weighted by Crippen LogP contribution is -2.52. The molecule has 0 aromatic carbocycles. The first-order valence-corrected chi connectivity index (χ1v) is 7.57. The summed E-state index contributed by atoms with van der Waals surface area (Å²) >= 11 is 0. The first-order chi connectivity index (χ1) is 11.2. The number of carbonyl (C=O) groups is 1. The van der Waals surface area contributed by atoms with Crippen LogP contribution >= 0.6 is 0 Å². The summed E-state index contributed by atoms with van der Waals surface area (Å²) in [6.45, 7) is 2.98. The van der Waals surface area contributed by atoms with E-state index in [-0.39, 0.29) is 18.0 Å². The quantitative estimate of drug-likeness (QED) is 0.881. The van der Waals surface area contributed by atoms with Crippen LogP contribution in [-0.2, 0) is 4.74 Å². The van der Waals surface area contributed by atoms with Gasteiger partial charge in [0.25, 0.3) is 5.91 Å². The largest absolute Gasteiger partial charge is 0.379 e. The van der Waals surface area contributed by atoms with E-state index in [1.54, 1.807) is 30.7 Å². The van der Waals surface area contributed by atoms with E-state index in [4.69, 9.17) is 4.74 Å². The SMILES string of the molecule is Cc1nccc(N[C@@H]2COCC[C@@H]2NC(=O)c2ccncc2)n1. The first kappa shape index (κ1) is 15.4. The Kier molecular flexibility index (Phi) is 4.77. The van der Waals surface area contributed by atoms with Crippen molar-refractivity contribution in [1.82, 2.24) is 20.3 Å². The van der Waals surface area contributed by atoms with Crippen LogP contribution < -0.4 is 10.6 Å². The Hall–Kier alpha value is -2.54. The predicted molar refractivity (Wildman–Crippen MR) is 85.1 cm³/mol. The number of nitrogens with one attached hydrogen (secondary N) is 2. The van der Waals surface area contributed by atoms with Crippen molar-refractivity contribution in [3.8, 4) is 0 Å². The zero-order valence-electron chi connectivity index (χ0n) is 12.9. The molecule has 2 atom stereocenters. The van der Waals surface area contributed by atoms with Crippen molar-refractivity contribution in [2.75, 3.05) is 18.5 Å². The van der Waals surface area contributed by atoms with E-state index in [0.717, 1.165) is 12.2 Å². The number of amides is 1. The third-order valence-corrected chi connectivity index (χ3v) is 3.72. The second-order valence-electron chi connectivity index (χ2n) is 5.42. The van der Waals surface area contributed by atoms with Gasteiger partial charge in [-0.25, -0.2) is 9.97 Å². The molecule has 23 heavy (non-hydrogen) atoms. The maximum absolute atomic E-state index is 12.3. The van der Waals surface area contributed by atoms with E-state index < -0.39 is 0 Å². The molecule has 2 aromatic heterocycles. The highest BCUT2D eigenvalue weighted by molar-refractivity contribution is 5.94. The molecule has 1 amide bonds. The minimum atomic E-state index is -0.107. The van der Waals surface area contributed by atoms with E-state index in [1.807, 2.05) is 13.0 Å². The van der Waals surface area contributed by atoms with Crippen molar-refractivity contribution in [3.63, 3.8) is 0 Å². The number of rotatable bonds is 4. The summed E-state index contributed by atoms with van der Waals surface area (Å²) < 4.78 is 5.53. The lowest BCUT2D eigenvalue weighted by Gasteiger charge is -2.33. The number of hydrogen-bond acceptors (Lipinski definition) is 6. The standard InChI is InChI=1S/C16H19N5O2/c1-11-18-8-4-15(19-11)20-14-10-23-9-5-13(14)21-16(22)12-2-6-17-7-3-12/h2-4,6-8,13-14H,5,9-10H2,1H3,(H,21,22)(H,18,19,20)/t13-,14+/m0/s1. The average Bonchev–Trinajstić information content (AvgIpc) is 2.57. The van der Waals surface area contributed by atoms with Gasteiger partial charge >= 0.3 is 0 Å². The molecule has 0 bridgehead atoms. The Balaban J connectivity index is 1.68. The van der Waals surface area contributed by atoms with Crippen LogP contribution in [0.2, 0.25) is 0 Å². The van der Waals surface area contributed by atoms with Gasteiger partial charge in [0.1, 0.15) is 11.6 Å². The molecule has 0 spiro atoms. The molecule has 1 aliphatic heterocycles. The second-order valence-corrected chi connectivity index (χ2v) is 5.42. The summed E-state index contributed by atoms with van der Waals surface area (Å²) in [7, 11) is 0. The Labute approximate surface area is 134 Å². The first-order valence-electron chi connectivity index (χ1n) is 7.57. The molecular weight excluding hydrogens is 294 g/mol. The summed E-state index contributed by atoms with van der Waals surface area (Å²) in [5.41, 5.74) is 0.600. The summed E-state index contributed by atoms with van der Waals surface area (Å²) in [6.07, 6.45) is 5.67. The smallest absolute Gasteiger partial charge is 0.251 e. The lowest BCUT2D eigenvalue weighted by molar-refractivity contribution is 0.0620. The van der Waals surface area contributed by atoms with E-state index >= 15 is 0 Å². The van der Waals surface area contributed by atoms with Crippen LogP contribution in [0.4, 0.5) is 5.82 Å². The van der Waals surface area contributed by atoms with Gasteiger partial charge in [0.05, 0.1) is 18.7 Å². The van der Waals surface area contributed by atoms with Gasteiger partial charge in [-0.15, -0.1) is 0 Å². The number of anilines is 1.